The molecule has 1 fully saturated rings. The molecule has 1 saturated heterocycles. The van der Waals surface area contributed by atoms with Crippen molar-refractivity contribution in [3.8, 4) is 0 Å². The van der Waals surface area contributed by atoms with Crippen LogP contribution in [0.25, 0.3) is 0 Å². The molecular formula is C17H24IN5S. The first-order chi connectivity index (χ1) is 11.3. The van der Waals surface area contributed by atoms with Gasteiger partial charge in [-0.25, -0.2) is 9.98 Å². The molecule has 2 N–H and O–H groups in total. The van der Waals surface area contributed by atoms with Crippen LogP contribution in [0, 0.1) is 0 Å². The van der Waals surface area contributed by atoms with E-state index < -0.39 is 0 Å². The minimum Gasteiger partial charge on any atom is -0.370 e. The second-order valence-corrected chi connectivity index (χ2v) is 6.77. The Labute approximate surface area is 164 Å². The Morgan fingerprint density at radius 3 is 2.71 bits per heavy atom. The summed E-state index contributed by atoms with van der Waals surface area (Å²) >= 11 is 1.97. The number of guanidine groups is 1. The van der Waals surface area contributed by atoms with E-state index in [4.69, 9.17) is 5.73 Å². The third kappa shape index (κ3) is 5.41. The van der Waals surface area contributed by atoms with Crippen LogP contribution in [0.2, 0.25) is 0 Å². The van der Waals surface area contributed by atoms with Crippen LogP contribution < -0.4 is 5.73 Å². The van der Waals surface area contributed by atoms with Crippen LogP contribution >= 0.6 is 35.7 Å². The van der Waals surface area contributed by atoms with Gasteiger partial charge in [0.2, 0.25) is 0 Å². The highest BCUT2D eigenvalue weighted by Gasteiger charge is 2.12. The smallest absolute Gasteiger partial charge is 0.191 e. The van der Waals surface area contributed by atoms with Gasteiger partial charge < -0.3 is 15.2 Å². The molecule has 1 aliphatic heterocycles. The van der Waals surface area contributed by atoms with Crippen LogP contribution in [-0.4, -0.2) is 45.0 Å². The number of benzene rings is 1. The molecule has 0 saturated carbocycles. The predicted octanol–water partition coefficient (Wildman–Crippen LogP) is 2.61. The van der Waals surface area contributed by atoms with Gasteiger partial charge in [0.1, 0.15) is 12.4 Å². The lowest BCUT2D eigenvalue weighted by molar-refractivity contribution is 0.455. The lowest BCUT2D eigenvalue weighted by Crippen LogP contribution is -2.42. The standard InChI is InChI=1S/C17H23N5S.HI/c18-17(22-10-12-23-13-11-22)20-14-16-19-7-9-21(16)8-6-15-4-2-1-3-5-15;/h1-5,7,9H,6,8,10-14H2,(H2,18,20);1H. The molecule has 0 amide bonds. The highest BCUT2D eigenvalue weighted by molar-refractivity contribution is 14.0. The Balaban J connectivity index is 0.00000208. The molecular weight excluding hydrogens is 433 g/mol. The zero-order chi connectivity index (χ0) is 15.9. The number of thioether (sulfide) groups is 1. The van der Waals surface area contributed by atoms with Gasteiger partial charge in [-0.2, -0.15) is 11.8 Å². The molecule has 0 unspecified atom stereocenters. The van der Waals surface area contributed by atoms with Crippen molar-refractivity contribution < 1.29 is 0 Å². The Kier molecular flexibility index (Phi) is 7.90. The summed E-state index contributed by atoms with van der Waals surface area (Å²) in [7, 11) is 0. The monoisotopic (exact) mass is 457 g/mol. The second kappa shape index (κ2) is 9.93. The number of hydrogen-bond donors (Lipinski definition) is 1. The van der Waals surface area contributed by atoms with E-state index >= 15 is 0 Å². The molecule has 0 atom stereocenters. The van der Waals surface area contributed by atoms with Crippen molar-refractivity contribution in [2.45, 2.75) is 19.5 Å². The summed E-state index contributed by atoms with van der Waals surface area (Å²) in [5.74, 6) is 3.86. The first kappa shape index (κ1) is 19.1. The highest BCUT2D eigenvalue weighted by Crippen LogP contribution is 2.09. The average Bonchev–Trinajstić information content (AvgIpc) is 3.07. The topological polar surface area (TPSA) is 59.4 Å². The molecule has 24 heavy (non-hydrogen) atoms. The lowest BCUT2D eigenvalue weighted by atomic mass is 10.1. The maximum absolute atomic E-state index is 6.11. The molecule has 1 aromatic heterocycles. The zero-order valence-electron chi connectivity index (χ0n) is 13.7. The van der Waals surface area contributed by atoms with E-state index in [1.807, 2.05) is 30.2 Å². The summed E-state index contributed by atoms with van der Waals surface area (Å²) in [6, 6.07) is 10.5. The number of aryl methyl sites for hydroxylation is 2. The van der Waals surface area contributed by atoms with E-state index in [2.05, 4.69) is 43.7 Å². The van der Waals surface area contributed by atoms with Crippen molar-refractivity contribution in [2.24, 2.45) is 10.7 Å². The molecule has 7 heteroatoms. The fourth-order valence-electron chi connectivity index (χ4n) is 2.63. The molecule has 5 nitrogen and oxygen atoms in total. The summed E-state index contributed by atoms with van der Waals surface area (Å²) in [5, 5.41) is 0. The van der Waals surface area contributed by atoms with Gasteiger partial charge in [0.25, 0.3) is 0 Å². The van der Waals surface area contributed by atoms with E-state index in [-0.39, 0.29) is 24.0 Å². The highest BCUT2D eigenvalue weighted by atomic mass is 127. The number of hydrogen-bond acceptors (Lipinski definition) is 3. The maximum Gasteiger partial charge on any atom is 0.191 e. The Morgan fingerprint density at radius 1 is 1.21 bits per heavy atom. The Hall–Kier alpha value is -1.22. The van der Waals surface area contributed by atoms with Gasteiger partial charge in [0.15, 0.2) is 5.96 Å². The number of aliphatic imine (C=N–C) groups is 1. The minimum absolute atomic E-state index is 0. The predicted molar refractivity (Wildman–Crippen MR) is 112 cm³/mol. The maximum atomic E-state index is 6.11. The van der Waals surface area contributed by atoms with Crippen LogP contribution in [-0.2, 0) is 19.5 Å². The van der Waals surface area contributed by atoms with Crippen molar-refractivity contribution in [3.63, 3.8) is 0 Å². The summed E-state index contributed by atoms with van der Waals surface area (Å²) < 4.78 is 2.16. The van der Waals surface area contributed by atoms with Crippen LogP contribution in [0.4, 0.5) is 0 Å². The van der Waals surface area contributed by atoms with Crippen molar-refractivity contribution in [3.05, 3.63) is 54.1 Å². The Bertz CT molecular complexity index is 637. The van der Waals surface area contributed by atoms with E-state index in [9.17, 15) is 0 Å². The van der Waals surface area contributed by atoms with E-state index in [0.29, 0.717) is 12.5 Å². The number of nitrogens with zero attached hydrogens (tertiary/aromatic N) is 4. The van der Waals surface area contributed by atoms with Gasteiger partial charge >= 0.3 is 0 Å². The first-order valence-corrected chi connectivity index (χ1v) is 9.15. The minimum atomic E-state index is 0. The van der Waals surface area contributed by atoms with Gasteiger partial charge in [-0.15, -0.1) is 24.0 Å². The average molecular weight is 457 g/mol. The fraction of sp³-hybridized carbons (Fsp3) is 0.412. The molecule has 2 aromatic rings. The molecule has 2 heterocycles. The van der Waals surface area contributed by atoms with E-state index in [1.54, 1.807) is 0 Å². The van der Waals surface area contributed by atoms with Crippen LogP contribution in [0.1, 0.15) is 11.4 Å². The normalized spacial score (nSPS) is 15.2. The number of imidazole rings is 1. The van der Waals surface area contributed by atoms with Crippen LogP contribution in [0.3, 0.4) is 0 Å². The van der Waals surface area contributed by atoms with Crippen LogP contribution in [0.15, 0.2) is 47.7 Å². The lowest BCUT2D eigenvalue weighted by Gasteiger charge is -2.27. The molecule has 1 aromatic carbocycles. The third-order valence-corrected chi connectivity index (χ3v) is 4.95. The summed E-state index contributed by atoms with van der Waals surface area (Å²) in [5.41, 5.74) is 7.44. The van der Waals surface area contributed by atoms with Gasteiger partial charge in [0.05, 0.1) is 0 Å². The van der Waals surface area contributed by atoms with Crippen molar-refractivity contribution in [1.29, 1.82) is 0 Å². The summed E-state index contributed by atoms with van der Waals surface area (Å²) in [4.78, 5) is 11.1. The number of nitrogens with two attached hydrogens (primary N) is 1. The summed E-state index contributed by atoms with van der Waals surface area (Å²) in [6.07, 6.45) is 4.85. The quantitative estimate of drug-likeness (QED) is 0.426. The zero-order valence-corrected chi connectivity index (χ0v) is 16.8. The van der Waals surface area contributed by atoms with Gasteiger partial charge in [-0.05, 0) is 12.0 Å². The largest absolute Gasteiger partial charge is 0.370 e. The summed E-state index contributed by atoms with van der Waals surface area (Å²) in [6.45, 7) is 3.43. The molecule has 0 bridgehead atoms. The molecule has 1 aliphatic rings. The molecule has 0 spiro atoms. The first-order valence-electron chi connectivity index (χ1n) is 7.99. The molecule has 3 rings (SSSR count). The van der Waals surface area contributed by atoms with Gasteiger partial charge in [-0.1, -0.05) is 30.3 Å². The van der Waals surface area contributed by atoms with Gasteiger partial charge in [0, 0.05) is 43.5 Å². The molecule has 0 aliphatic carbocycles. The number of aromatic nitrogens is 2. The molecule has 0 radical (unpaired) electrons. The SMILES string of the molecule is I.NC(=NCc1nccn1CCc1ccccc1)N1CCSCC1. The third-order valence-electron chi connectivity index (χ3n) is 4.00. The fourth-order valence-corrected chi connectivity index (χ4v) is 3.54. The van der Waals surface area contributed by atoms with Crippen LogP contribution in [0.5, 0.6) is 0 Å². The van der Waals surface area contributed by atoms with E-state index in [0.717, 1.165) is 43.4 Å². The van der Waals surface area contributed by atoms with Crippen molar-refractivity contribution in [2.75, 3.05) is 24.6 Å². The Morgan fingerprint density at radius 2 is 1.96 bits per heavy atom. The van der Waals surface area contributed by atoms with Gasteiger partial charge in [-0.3, -0.25) is 0 Å². The van der Waals surface area contributed by atoms with Crippen molar-refractivity contribution in [1.82, 2.24) is 14.5 Å². The number of rotatable bonds is 5. The number of halogens is 1. The van der Waals surface area contributed by atoms with Crippen molar-refractivity contribution >= 4 is 41.7 Å². The van der Waals surface area contributed by atoms with E-state index in [1.165, 1.54) is 5.56 Å². The molecule has 130 valence electrons. The second-order valence-electron chi connectivity index (χ2n) is 5.55.